The van der Waals surface area contributed by atoms with E-state index < -0.39 is 0 Å². The minimum Gasteiger partial charge on any atom is -0.368 e. The van der Waals surface area contributed by atoms with Crippen LogP contribution in [0.5, 0.6) is 0 Å². The van der Waals surface area contributed by atoms with Crippen molar-refractivity contribution in [3.8, 4) is 0 Å². The van der Waals surface area contributed by atoms with E-state index in [1.165, 1.54) is 25.7 Å². The van der Waals surface area contributed by atoms with Crippen LogP contribution in [0.3, 0.4) is 0 Å². The molecule has 16 heavy (non-hydrogen) atoms. The highest BCUT2D eigenvalue weighted by molar-refractivity contribution is 6.29. The van der Waals surface area contributed by atoms with Gasteiger partial charge in [0.05, 0.1) is 0 Å². The van der Waals surface area contributed by atoms with Crippen molar-refractivity contribution < 1.29 is 0 Å². The summed E-state index contributed by atoms with van der Waals surface area (Å²) in [5.41, 5.74) is 0. The second-order valence-corrected chi connectivity index (χ2v) is 4.42. The lowest BCUT2D eigenvalue weighted by atomic mass is 10.2. The number of likely N-dealkylation sites (tertiary alicyclic amines) is 1. The molecule has 1 fully saturated rings. The number of likely N-dealkylation sites (N-methyl/N-ethyl adjacent to an activating group) is 1. The molecule has 1 aliphatic heterocycles. The molecule has 88 valence electrons. The topological polar surface area (TPSA) is 41.0 Å². The molecule has 2 heterocycles. The molecule has 4 nitrogen and oxygen atoms in total. The van der Waals surface area contributed by atoms with Gasteiger partial charge < -0.3 is 5.32 Å². The van der Waals surface area contributed by atoms with Crippen LogP contribution in [0.2, 0.25) is 5.15 Å². The number of aromatic nitrogens is 2. The van der Waals surface area contributed by atoms with Crippen LogP contribution in [-0.4, -0.2) is 40.5 Å². The second-order valence-electron chi connectivity index (χ2n) is 4.03. The summed E-state index contributed by atoms with van der Waals surface area (Å²) in [6.07, 6.45) is 4.04. The minimum absolute atomic E-state index is 0.483. The van der Waals surface area contributed by atoms with Crippen molar-refractivity contribution >= 4 is 17.4 Å². The number of halogens is 1. The van der Waals surface area contributed by atoms with Crippen LogP contribution >= 0.6 is 11.6 Å². The maximum atomic E-state index is 5.79. The smallest absolute Gasteiger partial charge is 0.134 e. The first-order valence-corrected chi connectivity index (χ1v) is 6.13. The van der Waals surface area contributed by atoms with Crippen molar-refractivity contribution in [3.05, 3.63) is 17.5 Å². The van der Waals surface area contributed by atoms with E-state index in [4.69, 9.17) is 11.6 Å². The third kappa shape index (κ3) is 2.83. The lowest BCUT2D eigenvalue weighted by molar-refractivity contribution is 0.277. The molecule has 0 radical (unpaired) electrons. The Labute approximate surface area is 101 Å². The molecule has 5 heteroatoms. The lowest BCUT2D eigenvalue weighted by Crippen LogP contribution is -2.34. The first-order valence-electron chi connectivity index (χ1n) is 5.75. The lowest BCUT2D eigenvalue weighted by Gasteiger charge is -2.23. The van der Waals surface area contributed by atoms with Gasteiger partial charge in [-0.2, -0.15) is 0 Å². The van der Waals surface area contributed by atoms with E-state index in [-0.39, 0.29) is 0 Å². The first-order chi connectivity index (χ1) is 7.79. The Morgan fingerprint density at radius 2 is 2.44 bits per heavy atom. The molecule has 1 N–H and O–H groups in total. The van der Waals surface area contributed by atoms with Gasteiger partial charge in [0, 0.05) is 18.7 Å². The summed E-state index contributed by atoms with van der Waals surface area (Å²) in [6.45, 7) is 5.48. The zero-order chi connectivity index (χ0) is 11.4. The van der Waals surface area contributed by atoms with Crippen molar-refractivity contribution in [2.45, 2.75) is 25.8 Å². The van der Waals surface area contributed by atoms with Gasteiger partial charge in [0.2, 0.25) is 0 Å². The van der Waals surface area contributed by atoms with Crippen molar-refractivity contribution in [1.82, 2.24) is 14.9 Å². The Bertz CT molecular complexity index is 345. The Hall–Kier alpha value is -0.870. The monoisotopic (exact) mass is 240 g/mol. The summed E-state index contributed by atoms with van der Waals surface area (Å²) in [7, 11) is 0. The summed E-state index contributed by atoms with van der Waals surface area (Å²) < 4.78 is 0. The van der Waals surface area contributed by atoms with Crippen LogP contribution in [-0.2, 0) is 0 Å². The Kier molecular flexibility index (Phi) is 3.96. The highest BCUT2D eigenvalue weighted by Gasteiger charge is 2.22. The quantitative estimate of drug-likeness (QED) is 0.818. The van der Waals surface area contributed by atoms with Gasteiger partial charge in [-0.25, -0.2) is 9.97 Å². The summed E-state index contributed by atoms with van der Waals surface area (Å²) in [4.78, 5) is 10.5. The van der Waals surface area contributed by atoms with Crippen molar-refractivity contribution in [1.29, 1.82) is 0 Å². The summed E-state index contributed by atoms with van der Waals surface area (Å²) >= 11 is 5.79. The molecule has 1 aromatic rings. The van der Waals surface area contributed by atoms with Crippen LogP contribution in [0.25, 0.3) is 0 Å². The van der Waals surface area contributed by atoms with Gasteiger partial charge in [-0.05, 0) is 25.9 Å². The SMILES string of the molecule is CCN1CCC[C@@H]1CNc1cc(Cl)ncn1. The standard InChI is InChI=1S/C11H17ClN4/c1-2-16-5-3-4-9(16)7-13-11-6-10(12)14-8-15-11/h6,8-9H,2-5,7H2,1H3,(H,13,14,15)/t9-/m1/s1. The average Bonchev–Trinajstić information content (AvgIpc) is 2.74. The Morgan fingerprint density at radius 3 is 3.19 bits per heavy atom. The summed E-state index contributed by atoms with van der Waals surface area (Å²) in [5.74, 6) is 0.808. The van der Waals surface area contributed by atoms with Crippen LogP contribution in [0.1, 0.15) is 19.8 Å². The average molecular weight is 241 g/mol. The van der Waals surface area contributed by atoms with E-state index in [0.29, 0.717) is 11.2 Å². The first kappa shape index (κ1) is 11.6. The van der Waals surface area contributed by atoms with Crippen LogP contribution < -0.4 is 5.32 Å². The van der Waals surface area contributed by atoms with Crippen LogP contribution in [0, 0.1) is 0 Å². The van der Waals surface area contributed by atoms with E-state index in [0.717, 1.165) is 18.9 Å². The third-order valence-electron chi connectivity index (χ3n) is 3.06. The van der Waals surface area contributed by atoms with Gasteiger partial charge >= 0.3 is 0 Å². The zero-order valence-corrected chi connectivity index (χ0v) is 10.2. The molecular weight excluding hydrogens is 224 g/mol. The highest BCUT2D eigenvalue weighted by Crippen LogP contribution is 2.17. The van der Waals surface area contributed by atoms with Crippen LogP contribution in [0.15, 0.2) is 12.4 Å². The predicted molar refractivity (Wildman–Crippen MR) is 65.8 cm³/mol. The zero-order valence-electron chi connectivity index (χ0n) is 9.49. The number of hydrogen-bond acceptors (Lipinski definition) is 4. The number of nitrogens with zero attached hydrogens (tertiary/aromatic N) is 3. The maximum absolute atomic E-state index is 5.79. The molecule has 0 unspecified atom stereocenters. The third-order valence-corrected chi connectivity index (χ3v) is 3.26. The number of anilines is 1. The van der Waals surface area contributed by atoms with Crippen molar-refractivity contribution in [3.63, 3.8) is 0 Å². The van der Waals surface area contributed by atoms with Crippen molar-refractivity contribution in [2.24, 2.45) is 0 Å². The largest absolute Gasteiger partial charge is 0.368 e. The minimum atomic E-state index is 0.483. The van der Waals surface area contributed by atoms with E-state index in [1.54, 1.807) is 6.07 Å². The van der Waals surface area contributed by atoms with Crippen molar-refractivity contribution in [2.75, 3.05) is 25.0 Å². The molecule has 0 bridgehead atoms. The summed E-state index contributed by atoms with van der Waals surface area (Å²) in [6, 6.07) is 2.38. The molecule has 0 saturated carbocycles. The molecule has 2 rings (SSSR count). The number of hydrogen-bond donors (Lipinski definition) is 1. The van der Waals surface area contributed by atoms with Gasteiger partial charge in [0.15, 0.2) is 0 Å². The maximum Gasteiger partial charge on any atom is 0.134 e. The van der Waals surface area contributed by atoms with E-state index in [9.17, 15) is 0 Å². The molecule has 1 saturated heterocycles. The fraction of sp³-hybridized carbons (Fsp3) is 0.636. The Balaban J connectivity index is 1.87. The molecule has 0 aliphatic carbocycles. The van der Waals surface area contributed by atoms with Gasteiger partial charge in [0.25, 0.3) is 0 Å². The molecule has 0 aromatic carbocycles. The fourth-order valence-corrected chi connectivity index (χ4v) is 2.34. The molecule has 1 aliphatic rings. The van der Waals surface area contributed by atoms with Gasteiger partial charge in [0.1, 0.15) is 17.3 Å². The number of nitrogens with one attached hydrogen (secondary N) is 1. The van der Waals surface area contributed by atoms with E-state index in [2.05, 4.69) is 27.1 Å². The second kappa shape index (κ2) is 5.46. The van der Waals surface area contributed by atoms with Gasteiger partial charge in [-0.3, -0.25) is 4.90 Å². The van der Waals surface area contributed by atoms with Crippen LogP contribution in [0.4, 0.5) is 5.82 Å². The normalized spacial score (nSPS) is 21.2. The number of rotatable bonds is 4. The molecule has 1 atom stereocenters. The van der Waals surface area contributed by atoms with Gasteiger partial charge in [-0.15, -0.1) is 0 Å². The predicted octanol–water partition coefficient (Wildman–Crippen LogP) is 2.03. The molecular formula is C11H17ClN4. The molecule has 1 aromatic heterocycles. The van der Waals surface area contributed by atoms with Gasteiger partial charge in [-0.1, -0.05) is 18.5 Å². The Morgan fingerprint density at radius 1 is 1.56 bits per heavy atom. The van der Waals surface area contributed by atoms with E-state index >= 15 is 0 Å². The molecule has 0 amide bonds. The summed E-state index contributed by atoms with van der Waals surface area (Å²) in [5, 5.41) is 3.80. The fourth-order valence-electron chi connectivity index (χ4n) is 2.20. The highest BCUT2D eigenvalue weighted by atomic mass is 35.5. The van der Waals surface area contributed by atoms with E-state index in [1.807, 2.05) is 0 Å². The molecule has 0 spiro atoms.